The van der Waals surface area contributed by atoms with Crippen molar-refractivity contribution in [1.29, 1.82) is 0 Å². The Morgan fingerprint density at radius 1 is 0.712 bits per heavy atom. The van der Waals surface area contributed by atoms with Gasteiger partial charge in [-0.15, -0.1) is 15.0 Å². The van der Waals surface area contributed by atoms with Gasteiger partial charge in [0, 0.05) is 17.8 Å². The van der Waals surface area contributed by atoms with E-state index in [1.54, 1.807) is 49.3 Å². The van der Waals surface area contributed by atoms with Crippen LogP contribution in [0.15, 0.2) is 127 Å². The number of ether oxygens (including phenoxy) is 3. The second-order valence-electron chi connectivity index (χ2n) is 13.1. The highest BCUT2D eigenvalue weighted by atomic mass is 16.5. The lowest BCUT2D eigenvalue weighted by atomic mass is 9.77. The van der Waals surface area contributed by atoms with Crippen molar-refractivity contribution >= 4 is 11.7 Å². The maximum Gasteiger partial charge on any atom is 0.319 e. The Kier molecular flexibility index (Phi) is 10.1. The Balaban J connectivity index is 1.32. The molecule has 0 unspecified atom stereocenters. The zero-order valence-electron chi connectivity index (χ0n) is 29.5. The molecule has 0 spiro atoms. The van der Waals surface area contributed by atoms with Gasteiger partial charge in [-0.05, 0) is 83.8 Å². The van der Waals surface area contributed by atoms with Crippen molar-refractivity contribution in [1.82, 2.24) is 25.5 Å². The summed E-state index contributed by atoms with van der Waals surface area (Å²) in [7, 11) is 3.16. The molecule has 0 aliphatic heterocycles. The van der Waals surface area contributed by atoms with Crippen LogP contribution in [-0.2, 0) is 5.54 Å². The largest absolute Gasteiger partial charge is 0.493 e. The quantitative estimate of drug-likeness (QED) is 0.131. The van der Waals surface area contributed by atoms with Crippen LogP contribution in [0, 0.1) is 5.92 Å². The van der Waals surface area contributed by atoms with Crippen molar-refractivity contribution in [2.75, 3.05) is 19.5 Å². The molecule has 1 fully saturated rings. The van der Waals surface area contributed by atoms with Gasteiger partial charge in [0.1, 0.15) is 11.5 Å². The summed E-state index contributed by atoms with van der Waals surface area (Å²) in [5.74, 6) is 3.08. The third-order valence-corrected chi connectivity index (χ3v) is 9.70. The molecule has 1 aliphatic rings. The third-order valence-electron chi connectivity index (χ3n) is 9.70. The summed E-state index contributed by atoms with van der Waals surface area (Å²) < 4.78 is 17.4. The predicted molar refractivity (Wildman–Crippen MR) is 201 cm³/mol. The number of tetrazole rings is 1. The Morgan fingerprint density at radius 3 is 1.87 bits per heavy atom. The Morgan fingerprint density at radius 2 is 1.29 bits per heavy atom. The maximum atomic E-state index is 13.2. The first-order chi connectivity index (χ1) is 25.5. The summed E-state index contributed by atoms with van der Waals surface area (Å²) in [5, 5.41) is 20.7. The van der Waals surface area contributed by atoms with Crippen LogP contribution in [-0.4, -0.2) is 46.5 Å². The molecular weight excluding hydrogens is 653 g/mol. The van der Waals surface area contributed by atoms with E-state index in [9.17, 15) is 4.79 Å². The van der Waals surface area contributed by atoms with Crippen LogP contribution in [0.3, 0.4) is 0 Å². The van der Waals surface area contributed by atoms with Crippen molar-refractivity contribution in [2.45, 2.75) is 44.2 Å². The smallest absolute Gasteiger partial charge is 0.319 e. The van der Waals surface area contributed by atoms with Gasteiger partial charge in [0.15, 0.2) is 17.0 Å². The number of benzene rings is 5. The van der Waals surface area contributed by atoms with Gasteiger partial charge in [0.05, 0.1) is 19.8 Å². The molecule has 1 heterocycles. The fraction of sp³-hybridized carbons (Fsp3) is 0.238. The lowest BCUT2D eigenvalue weighted by molar-refractivity contribution is 0.239. The average molecular weight is 695 g/mol. The molecule has 5 aromatic carbocycles. The van der Waals surface area contributed by atoms with Gasteiger partial charge in [-0.3, -0.25) is 0 Å². The minimum atomic E-state index is -0.966. The van der Waals surface area contributed by atoms with Crippen molar-refractivity contribution in [3.05, 3.63) is 144 Å². The molecule has 0 radical (unpaired) electrons. The van der Waals surface area contributed by atoms with Crippen LogP contribution >= 0.6 is 0 Å². The highest BCUT2D eigenvalue weighted by Crippen LogP contribution is 2.41. The number of aromatic nitrogens is 4. The molecule has 1 saturated carbocycles. The molecule has 0 atom stereocenters. The van der Waals surface area contributed by atoms with E-state index in [1.807, 2.05) is 60.7 Å². The molecule has 2 N–H and O–H groups in total. The number of hydrogen-bond acceptors (Lipinski definition) is 7. The van der Waals surface area contributed by atoms with E-state index in [2.05, 4.69) is 59.1 Å². The van der Waals surface area contributed by atoms with E-state index in [0.29, 0.717) is 46.0 Å². The molecule has 0 saturated heterocycles. The lowest BCUT2D eigenvalue weighted by Crippen LogP contribution is -2.39. The number of anilines is 1. The first kappa shape index (κ1) is 34.3. The molecule has 52 heavy (non-hydrogen) atoms. The molecule has 10 nitrogen and oxygen atoms in total. The van der Waals surface area contributed by atoms with Crippen LogP contribution in [0.4, 0.5) is 10.5 Å². The number of carbonyl (C=O) groups excluding carboxylic acids is 1. The Labute approximate surface area is 303 Å². The minimum Gasteiger partial charge on any atom is -0.493 e. The number of hydrogen-bond donors (Lipinski definition) is 2. The zero-order valence-corrected chi connectivity index (χ0v) is 29.5. The second-order valence-corrected chi connectivity index (χ2v) is 13.1. The topological polar surface area (TPSA) is 112 Å². The van der Waals surface area contributed by atoms with Crippen molar-refractivity contribution < 1.29 is 19.0 Å². The first-order valence-corrected chi connectivity index (χ1v) is 17.6. The molecule has 1 aliphatic carbocycles. The number of nitrogens with one attached hydrogen (secondary N) is 2. The van der Waals surface area contributed by atoms with Crippen LogP contribution in [0.2, 0.25) is 0 Å². The van der Waals surface area contributed by atoms with E-state index >= 15 is 0 Å². The number of carbonyl (C=O) groups is 1. The van der Waals surface area contributed by atoms with E-state index < -0.39 is 5.54 Å². The van der Waals surface area contributed by atoms with Crippen LogP contribution < -0.4 is 24.8 Å². The second kappa shape index (κ2) is 15.4. The molecular formula is C42H42N6O4. The number of urea groups is 1. The summed E-state index contributed by atoms with van der Waals surface area (Å²) in [5.41, 5.74) is 3.01. The fourth-order valence-corrected chi connectivity index (χ4v) is 6.98. The predicted octanol–water partition coefficient (Wildman–Crippen LogP) is 8.69. The monoisotopic (exact) mass is 694 g/mol. The van der Waals surface area contributed by atoms with Gasteiger partial charge < -0.3 is 24.8 Å². The van der Waals surface area contributed by atoms with E-state index in [1.165, 1.54) is 0 Å². The fourth-order valence-electron chi connectivity index (χ4n) is 6.98. The molecule has 10 heteroatoms. The third kappa shape index (κ3) is 7.05. The molecule has 0 bridgehead atoms. The van der Waals surface area contributed by atoms with Crippen LogP contribution in [0.1, 0.15) is 49.3 Å². The van der Waals surface area contributed by atoms with Crippen LogP contribution in [0.25, 0.3) is 11.4 Å². The van der Waals surface area contributed by atoms with Gasteiger partial charge in [0.25, 0.3) is 0 Å². The number of nitrogens with zero attached hydrogens (tertiary/aromatic N) is 4. The number of methoxy groups -OCH3 is 2. The highest BCUT2D eigenvalue weighted by Gasteiger charge is 2.41. The Hall–Kier alpha value is -6.16. The average Bonchev–Trinajstić information content (AvgIpc) is 3.68. The summed E-state index contributed by atoms with van der Waals surface area (Å²) in [4.78, 5) is 14.9. The van der Waals surface area contributed by atoms with Crippen molar-refractivity contribution in [2.24, 2.45) is 5.92 Å². The normalized spacial score (nSPS) is 15.8. The number of rotatable bonds is 11. The standard InChI is InChI=1S/C42H42N6O4/c1-29-19-21-33(22-20-29)43-41(49)44-34-23-25-37(52-35-24-26-38(50-2)39(28-35)51-3)36(27-34)40-45-47-48(46-40)42(30-13-7-4-8-14-30,31-15-9-5-10-16-31)32-17-11-6-12-18-32/h4-18,23-29,33H,19-22H2,1-3H3,(H2,43,44,49). The van der Waals surface area contributed by atoms with Crippen LogP contribution in [0.5, 0.6) is 23.0 Å². The number of amides is 2. The summed E-state index contributed by atoms with van der Waals surface area (Å²) in [6.45, 7) is 2.26. The van der Waals surface area contributed by atoms with E-state index in [0.717, 1.165) is 42.4 Å². The molecule has 6 aromatic rings. The molecule has 1 aromatic heterocycles. The van der Waals surface area contributed by atoms with Crippen molar-refractivity contribution in [3.63, 3.8) is 0 Å². The van der Waals surface area contributed by atoms with Gasteiger partial charge in [-0.1, -0.05) is 97.9 Å². The zero-order chi connectivity index (χ0) is 35.9. The maximum absolute atomic E-state index is 13.2. The lowest BCUT2D eigenvalue weighted by Gasteiger charge is -2.34. The molecule has 2 amide bonds. The summed E-state index contributed by atoms with van der Waals surface area (Å²) in [6.07, 6.45) is 4.15. The van der Waals surface area contributed by atoms with Crippen molar-refractivity contribution in [3.8, 4) is 34.4 Å². The molecule has 7 rings (SSSR count). The van der Waals surface area contributed by atoms with Gasteiger partial charge in [-0.2, -0.15) is 0 Å². The summed E-state index contributed by atoms with van der Waals surface area (Å²) in [6, 6.07) is 41.1. The molecule has 264 valence electrons. The van der Waals surface area contributed by atoms with E-state index in [-0.39, 0.29) is 12.1 Å². The van der Waals surface area contributed by atoms with Gasteiger partial charge in [-0.25, -0.2) is 4.79 Å². The van der Waals surface area contributed by atoms with Gasteiger partial charge in [0.2, 0.25) is 5.82 Å². The Bertz CT molecular complexity index is 2000. The SMILES string of the molecule is COc1ccc(Oc2ccc(NC(=O)NC3CCC(C)CC3)cc2-c2nnn(C(c3ccccc3)(c3ccccc3)c3ccccc3)n2)cc1OC. The summed E-state index contributed by atoms with van der Waals surface area (Å²) >= 11 is 0. The minimum absolute atomic E-state index is 0.145. The van der Waals surface area contributed by atoms with Gasteiger partial charge >= 0.3 is 6.03 Å². The highest BCUT2D eigenvalue weighted by molar-refractivity contribution is 5.90. The van der Waals surface area contributed by atoms with E-state index in [4.69, 9.17) is 24.5 Å². The first-order valence-electron chi connectivity index (χ1n) is 17.6.